The third kappa shape index (κ3) is 1.03. The largest absolute Gasteiger partial charge is 0.396 e. The van der Waals surface area contributed by atoms with E-state index in [1.54, 1.807) is 12.8 Å². The average Bonchev–Trinajstić information content (AvgIpc) is 2.94. The van der Waals surface area contributed by atoms with Gasteiger partial charge in [-0.15, -0.1) is 0 Å². The monoisotopic (exact) mass is 234 g/mol. The van der Waals surface area contributed by atoms with E-state index in [0.717, 1.165) is 29.1 Å². The summed E-state index contributed by atoms with van der Waals surface area (Å²) in [5.74, 6) is 4.06. The van der Waals surface area contributed by atoms with E-state index in [2.05, 4.69) is 20.8 Å². The molecule has 0 amide bonds. The molecule has 1 N–H and O–H groups in total. The molecular formula is C16H26O. The summed E-state index contributed by atoms with van der Waals surface area (Å²) in [4.78, 5) is 0. The maximum Gasteiger partial charge on any atom is 0.0487 e. The van der Waals surface area contributed by atoms with Gasteiger partial charge in [0, 0.05) is 6.61 Å². The van der Waals surface area contributed by atoms with Gasteiger partial charge in [0.15, 0.2) is 0 Å². The highest BCUT2D eigenvalue weighted by Crippen LogP contribution is 2.87. The van der Waals surface area contributed by atoms with Gasteiger partial charge < -0.3 is 5.11 Å². The Hall–Kier alpha value is -0.0400. The first-order valence-electron chi connectivity index (χ1n) is 7.56. The van der Waals surface area contributed by atoms with Gasteiger partial charge in [-0.05, 0) is 72.0 Å². The fraction of sp³-hybridized carbons (Fsp3) is 1.00. The first-order chi connectivity index (χ1) is 7.96. The molecule has 1 heteroatoms. The zero-order valence-electron chi connectivity index (χ0n) is 11.5. The van der Waals surface area contributed by atoms with Gasteiger partial charge in [0.25, 0.3) is 0 Å². The normalized spacial score (nSPS) is 66.4. The van der Waals surface area contributed by atoms with Crippen LogP contribution >= 0.6 is 0 Å². The molecule has 0 aliphatic heterocycles. The summed E-state index contributed by atoms with van der Waals surface area (Å²) < 4.78 is 0. The van der Waals surface area contributed by atoms with Gasteiger partial charge in [0.1, 0.15) is 0 Å². The van der Waals surface area contributed by atoms with Crippen LogP contribution in [0.2, 0.25) is 0 Å². The van der Waals surface area contributed by atoms with E-state index >= 15 is 0 Å². The molecular weight excluding hydrogens is 208 g/mol. The molecule has 5 aliphatic carbocycles. The summed E-state index contributed by atoms with van der Waals surface area (Å²) in [5, 5.41) is 9.36. The zero-order chi connectivity index (χ0) is 12.1. The molecule has 0 heterocycles. The van der Waals surface area contributed by atoms with Crippen LogP contribution in [-0.2, 0) is 0 Å². The summed E-state index contributed by atoms with van der Waals surface area (Å²) in [6.45, 7) is 7.83. The predicted molar refractivity (Wildman–Crippen MR) is 68.5 cm³/mol. The number of hydrogen-bond acceptors (Lipinski definition) is 1. The van der Waals surface area contributed by atoms with Crippen LogP contribution in [0, 0.1) is 39.9 Å². The second-order valence-corrected chi connectivity index (χ2v) is 8.33. The highest BCUT2D eigenvalue weighted by atomic mass is 16.3. The summed E-state index contributed by atoms with van der Waals surface area (Å²) in [7, 11) is 0. The molecule has 17 heavy (non-hydrogen) atoms. The van der Waals surface area contributed by atoms with Crippen molar-refractivity contribution in [2.75, 3.05) is 6.61 Å². The third-order valence-electron chi connectivity index (χ3n) is 8.04. The Morgan fingerprint density at radius 1 is 1.12 bits per heavy atom. The van der Waals surface area contributed by atoms with E-state index < -0.39 is 0 Å². The van der Waals surface area contributed by atoms with Crippen molar-refractivity contribution in [1.82, 2.24) is 0 Å². The van der Waals surface area contributed by atoms with E-state index in [-0.39, 0.29) is 0 Å². The minimum Gasteiger partial charge on any atom is -0.396 e. The van der Waals surface area contributed by atoms with Gasteiger partial charge in [-0.2, -0.15) is 0 Å². The number of aliphatic hydroxyl groups is 1. The Morgan fingerprint density at radius 3 is 2.18 bits per heavy atom. The van der Waals surface area contributed by atoms with Crippen molar-refractivity contribution >= 4 is 0 Å². The fourth-order valence-corrected chi connectivity index (χ4v) is 6.13. The van der Waals surface area contributed by atoms with Crippen LogP contribution in [0.25, 0.3) is 0 Å². The van der Waals surface area contributed by atoms with Crippen LogP contribution in [0.1, 0.15) is 52.9 Å². The standard InChI is InChI=1S/C16H26O/c1-14(9-17)8-10(14)4-5-15(2)11-6-12-13(7-11)16(12,15)3/h10-13,17H,4-9H2,1-3H3. The lowest BCUT2D eigenvalue weighted by Crippen LogP contribution is -2.27. The maximum atomic E-state index is 9.36. The smallest absolute Gasteiger partial charge is 0.0487 e. The van der Waals surface area contributed by atoms with Crippen molar-refractivity contribution in [3.63, 3.8) is 0 Å². The van der Waals surface area contributed by atoms with Gasteiger partial charge in [0.2, 0.25) is 0 Å². The SMILES string of the molecule is CC1(CO)CC1CCC1(C)C2CC3C(C2)C31C. The molecule has 5 atom stereocenters. The highest BCUT2D eigenvalue weighted by Gasteiger charge is 2.80. The minimum atomic E-state index is 0.293. The molecule has 5 saturated carbocycles. The molecule has 0 aromatic rings. The number of hydrogen-bond donors (Lipinski definition) is 1. The molecule has 0 saturated heterocycles. The molecule has 1 nitrogen and oxygen atoms in total. The van der Waals surface area contributed by atoms with Gasteiger partial charge in [-0.25, -0.2) is 0 Å². The van der Waals surface area contributed by atoms with Crippen LogP contribution in [0.15, 0.2) is 0 Å². The van der Waals surface area contributed by atoms with Crippen molar-refractivity contribution in [1.29, 1.82) is 0 Å². The van der Waals surface area contributed by atoms with Crippen molar-refractivity contribution in [3.05, 3.63) is 0 Å². The van der Waals surface area contributed by atoms with Gasteiger partial charge in [0.05, 0.1) is 0 Å². The summed E-state index contributed by atoms with van der Waals surface area (Å²) in [5.41, 5.74) is 1.67. The molecule has 96 valence electrons. The second-order valence-electron chi connectivity index (χ2n) is 8.33. The molecule has 5 unspecified atom stereocenters. The average molecular weight is 234 g/mol. The fourth-order valence-electron chi connectivity index (χ4n) is 6.13. The number of aliphatic hydroxyl groups excluding tert-OH is 1. The molecule has 0 spiro atoms. The Bertz CT molecular complexity index is 364. The Morgan fingerprint density at radius 2 is 1.76 bits per heavy atom. The zero-order valence-corrected chi connectivity index (χ0v) is 11.5. The van der Waals surface area contributed by atoms with Crippen LogP contribution < -0.4 is 0 Å². The summed E-state index contributed by atoms with van der Waals surface area (Å²) >= 11 is 0. The molecule has 5 rings (SSSR count). The lowest BCUT2D eigenvalue weighted by Gasteiger charge is -2.34. The van der Waals surface area contributed by atoms with Crippen LogP contribution in [0.3, 0.4) is 0 Å². The molecule has 0 aromatic heterocycles. The van der Waals surface area contributed by atoms with Crippen LogP contribution in [0.4, 0.5) is 0 Å². The van der Waals surface area contributed by atoms with Crippen LogP contribution in [0.5, 0.6) is 0 Å². The van der Waals surface area contributed by atoms with Crippen molar-refractivity contribution in [2.45, 2.75) is 52.9 Å². The second kappa shape index (κ2) is 2.76. The maximum absolute atomic E-state index is 9.36. The van der Waals surface area contributed by atoms with E-state index in [9.17, 15) is 5.11 Å². The minimum absolute atomic E-state index is 0.293. The lowest BCUT2D eigenvalue weighted by atomic mass is 9.70. The summed E-state index contributed by atoms with van der Waals surface area (Å²) in [6, 6.07) is 0. The molecule has 0 radical (unpaired) electrons. The Balaban J connectivity index is 1.44. The first-order valence-corrected chi connectivity index (χ1v) is 7.56. The van der Waals surface area contributed by atoms with Crippen molar-refractivity contribution in [2.24, 2.45) is 39.9 Å². The summed E-state index contributed by atoms with van der Waals surface area (Å²) in [6.07, 6.45) is 7.16. The van der Waals surface area contributed by atoms with E-state index in [1.165, 1.54) is 19.3 Å². The quantitative estimate of drug-likeness (QED) is 0.789. The topological polar surface area (TPSA) is 20.2 Å². The molecule has 5 aliphatic rings. The predicted octanol–water partition coefficient (Wildman–Crippen LogP) is 3.47. The van der Waals surface area contributed by atoms with Crippen LogP contribution in [-0.4, -0.2) is 11.7 Å². The van der Waals surface area contributed by atoms with Crippen molar-refractivity contribution in [3.8, 4) is 0 Å². The molecule has 4 bridgehead atoms. The van der Waals surface area contributed by atoms with E-state index in [4.69, 9.17) is 0 Å². The van der Waals surface area contributed by atoms with Gasteiger partial charge in [-0.3, -0.25) is 0 Å². The lowest BCUT2D eigenvalue weighted by molar-refractivity contribution is 0.138. The first kappa shape index (κ1) is 10.8. The van der Waals surface area contributed by atoms with Gasteiger partial charge in [-0.1, -0.05) is 20.8 Å². The Kier molecular flexibility index (Phi) is 1.76. The third-order valence-corrected chi connectivity index (χ3v) is 8.04. The van der Waals surface area contributed by atoms with Gasteiger partial charge >= 0.3 is 0 Å². The molecule has 5 fully saturated rings. The highest BCUT2D eigenvalue weighted by molar-refractivity contribution is 5.28. The van der Waals surface area contributed by atoms with Crippen molar-refractivity contribution < 1.29 is 5.11 Å². The Labute approximate surface area is 105 Å². The molecule has 0 aromatic carbocycles. The van der Waals surface area contributed by atoms with E-state index in [0.29, 0.717) is 17.4 Å². The van der Waals surface area contributed by atoms with E-state index in [1.807, 2.05) is 0 Å². The number of rotatable bonds is 4.